The molecule has 0 saturated heterocycles. The lowest BCUT2D eigenvalue weighted by Gasteiger charge is -2.04. The molecule has 90 valence electrons. The number of hydrogen-bond donors (Lipinski definition) is 0. The molecule has 0 radical (unpaired) electrons. The molecule has 0 fully saturated rings. The van der Waals surface area contributed by atoms with Gasteiger partial charge in [-0.15, -0.1) is 9.36 Å². The molecule has 3 aromatic rings. The average molecular weight is 246 g/mol. The summed E-state index contributed by atoms with van der Waals surface area (Å²) in [6.45, 7) is 0.937. The minimum absolute atomic E-state index is 0.937. The Kier molecular flexibility index (Phi) is 1.56. The van der Waals surface area contributed by atoms with Crippen LogP contribution in [0.1, 0.15) is 16.7 Å². The molecule has 1 aliphatic carbocycles. The highest BCUT2D eigenvalue weighted by molar-refractivity contribution is 5.79. The smallest absolute Gasteiger partial charge is 0.147 e. The van der Waals surface area contributed by atoms with E-state index in [9.17, 15) is 0 Å². The third kappa shape index (κ3) is 1.08. The second-order valence-electron chi connectivity index (χ2n) is 5.25. The van der Waals surface area contributed by atoms with Crippen molar-refractivity contribution in [3.05, 3.63) is 65.7 Å². The molecule has 2 heterocycles. The SMILES string of the molecule is c1ccc2c(c1)Cc1c-2ccc2c1C[n+]1cncn1-2. The summed E-state index contributed by atoms with van der Waals surface area (Å²) >= 11 is 0. The van der Waals surface area contributed by atoms with Gasteiger partial charge in [-0.25, -0.2) is 0 Å². The Balaban J connectivity index is 1.80. The number of nitrogens with zero attached hydrogens (tertiary/aromatic N) is 3. The van der Waals surface area contributed by atoms with E-state index < -0.39 is 0 Å². The summed E-state index contributed by atoms with van der Waals surface area (Å²) < 4.78 is 4.30. The number of fused-ring (bicyclic) bond motifs is 7. The van der Waals surface area contributed by atoms with Crippen LogP contribution in [0.5, 0.6) is 0 Å². The van der Waals surface area contributed by atoms with Crippen LogP contribution in [0.4, 0.5) is 0 Å². The first-order valence-electron chi connectivity index (χ1n) is 6.57. The fourth-order valence-corrected chi connectivity index (χ4v) is 3.43. The predicted molar refractivity (Wildman–Crippen MR) is 71.1 cm³/mol. The van der Waals surface area contributed by atoms with Crippen molar-refractivity contribution < 1.29 is 4.68 Å². The number of aromatic nitrogens is 3. The van der Waals surface area contributed by atoms with Crippen molar-refractivity contribution >= 4 is 0 Å². The third-order valence-corrected chi connectivity index (χ3v) is 4.30. The van der Waals surface area contributed by atoms with Gasteiger partial charge in [-0.1, -0.05) is 30.3 Å². The van der Waals surface area contributed by atoms with E-state index in [0.717, 1.165) is 13.0 Å². The molecule has 19 heavy (non-hydrogen) atoms. The molecule has 0 spiro atoms. The summed E-state index contributed by atoms with van der Waals surface area (Å²) in [5, 5.41) is 0. The molecule has 0 saturated carbocycles. The summed E-state index contributed by atoms with van der Waals surface area (Å²) in [5.74, 6) is 0. The zero-order valence-electron chi connectivity index (χ0n) is 10.4. The molecule has 3 heteroatoms. The Morgan fingerprint density at radius 3 is 2.95 bits per heavy atom. The van der Waals surface area contributed by atoms with Crippen LogP contribution >= 0.6 is 0 Å². The summed E-state index contributed by atoms with van der Waals surface area (Å²) in [4.78, 5) is 4.20. The van der Waals surface area contributed by atoms with Crippen molar-refractivity contribution in [2.24, 2.45) is 0 Å². The van der Waals surface area contributed by atoms with E-state index in [1.54, 1.807) is 0 Å². The summed E-state index contributed by atoms with van der Waals surface area (Å²) in [5.41, 5.74) is 8.49. The summed E-state index contributed by atoms with van der Waals surface area (Å²) in [7, 11) is 0. The molecule has 0 bridgehead atoms. The Morgan fingerprint density at radius 1 is 1.00 bits per heavy atom. The quantitative estimate of drug-likeness (QED) is 0.383. The topological polar surface area (TPSA) is 21.7 Å². The van der Waals surface area contributed by atoms with Crippen LogP contribution in [0, 0.1) is 0 Å². The standard InChI is InChI=1S/C16H12N3/c1-2-4-12-11(3-1)7-14-13(12)5-6-16-15(14)8-18-9-17-10-19(16)18/h1-6,9-10H,7-8H2/q+1. The van der Waals surface area contributed by atoms with Gasteiger partial charge in [0, 0.05) is 5.56 Å². The normalized spacial score (nSPS) is 13.9. The van der Waals surface area contributed by atoms with Crippen molar-refractivity contribution in [3.63, 3.8) is 0 Å². The highest BCUT2D eigenvalue weighted by atomic mass is 15.4. The molecular weight excluding hydrogens is 234 g/mol. The van der Waals surface area contributed by atoms with E-state index in [0.29, 0.717) is 0 Å². The van der Waals surface area contributed by atoms with Crippen molar-refractivity contribution in [1.82, 2.24) is 9.67 Å². The highest BCUT2D eigenvalue weighted by Crippen LogP contribution is 2.40. The van der Waals surface area contributed by atoms with Gasteiger partial charge in [0.25, 0.3) is 0 Å². The minimum atomic E-state index is 0.937. The fourth-order valence-electron chi connectivity index (χ4n) is 3.43. The van der Waals surface area contributed by atoms with Crippen molar-refractivity contribution in [2.75, 3.05) is 0 Å². The highest BCUT2D eigenvalue weighted by Gasteiger charge is 2.30. The number of hydrogen-bond acceptors (Lipinski definition) is 1. The fraction of sp³-hybridized carbons (Fsp3) is 0.125. The van der Waals surface area contributed by atoms with Crippen LogP contribution in [0.25, 0.3) is 16.8 Å². The maximum Gasteiger partial charge on any atom is 0.307 e. The monoisotopic (exact) mass is 246 g/mol. The first-order chi connectivity index (χ1) is 9.42. The van der Waals surface area contributed by atoms with E-state index >= 15 is 0 Å². The van der Waals surface area contributed by atoms with Crippen molar-refractivity contribution in [3.8, 4) is 16.8 Å². The van der Waals surface area contributed by atoms with Crippen LogP contribution in [-0.2, 0) is 13.0 Å². The van der Waals surface area contributed by atoms with E-state index in [1.165, 1.54) is 33.5 Å². The van der Waals surface area contributed by atoms with E-state index in [4.69, 9.17) is 0 Å². The zero-order chi connectivity index (χ0) is 12.4. The Bertz CT molecular complexity index is 830. The summed E-state index contributed by atoms with van der Waals surface area (Å²) in [6.07, 6.45) is 4.85. The van der Waals surface area contributed by atoms with Gasteiger partial charge >= 0.3 is 6.33 Å². The van der Waals surface area contributed by atoms with Crippen molar-refractivity contribution in [2.45, 2.75) is 13.0 Å². The molecule has 0 atom stereocenters. The van der Waals surface area contributed by atoms with Gasteiger partial charge in [0.1, 0.15) is 6.54 Å². The molecule has 3 nitrogen and oxygen atoms in total. The first kappa shape index (κ1) is 9.50. The van der Waals surface area contributed by atoms with Crippen LogP contribution in [0.2, 0.25) is 0 Å². The molecule has 5 rings (SSSR count). The minimum Gasteiger partial charge on any atom is -0.147 e. The van der Waals surface area contributed by atoms with Crippen LogP contribution < -0.4 is 4.68 Å². The first-order valence-corrected chi connectivity index (χ1v) is 6.57. The van der Waals surface area contributed by atoms with E-state index in [-0.39, 0.29) is 0 Å². The van der Waals surface area contributed by atoms with Crippen LogP contribution in [-0.4, -0.2) is 9.67 Å². The van der Waals surface area contributed by atoms with Crippen LogP contribution in [0.3, 0.4) is 0 Å². The lowest BCUT2D eigenvalue weighted by Crippen LogP contribution is -2.36. The second kappa shape index (κ2) is 3.12. The average Bonchev–Trinajstić information content (AvgIpc) is 3.09. The van der Waals surface area contributed by atoms with Gasteiger partial charge in [-0.3, -0.25) is 0 Å². The van der Waals surface area contributed by atoms with Gasteiger partial charge in [0.15, 0.2) is 0 Å². The lowest BCUT2D eigenvalue weighted by atomic mass is 10.00. The van der Waals surface area contributed by atoms with Gasteiger partial charge < -0.3 is 0 Å². The maximum atomic E-state index is 4.20. The Hall–Kier alpha value is -2.42. The molecule has 2 aliphatic rings. The number of benzene rings is 2. The third-order valence-electron chi connectivity index (χ3n) is 4.30. The molecule has 1 aromatic heterocycles. The molecule has 0 N–H and O–H groups in total. The number of rotatable bonds is 0. The maximum absolute atomic E-state index is 4.20. The molecule has 2 aromatic carbocycles. The van der Waals surface area contributed by atoms with Crippen molar-refractivity contribution in [1.29, 1.82) is 0 Å². The Morgan fingerprint density at radius 2 is 1.95 bits per heavy atom. The van der Waals surface area contributed by atoms with Gasteiger partial charge in [0.2, 0.25) is 6.33 Å². The molecular formula is C16H12N3+. The largest absolute Gasteiger partial charge is 0.307 e. The molecule has 0 unspecified atom stereocenters. The van der Waals surface area contributed by atoms with E-state index in [2.05, 4.69) is 50.7 Å². The Labute approximate surface area is 110 Å². The lowest BCUT2D eigenvalue weighted by molar-refractivity contribution is -0.752. The predicted octanol–water partition coefficient (Wildman–Crippen LogP) is 2.09. The second-order valence-corrected chi connectivity index (χ2v) is 5.25. The summed E-state index contributed by atoms with van der Waals surface area (Å²) in [6, 6.07) is 13.2. The molecule has 1 aliphatic heterocycles. The van der Waals surface area contributed by atoms with Gasteiger partial charge in [-0.05, 0) is 39.7 Å². The van der Waals surface area contributed by atoms with Gasteiger partial charge in [0.05, 0.1) is 5.69 Å². The van der Waals surface area contributed by atoms with Crippen LogP contribution in [0.15, 0.2) is 49.1 Å². The molecule has 0 amide bonds. The van der Waals surface area contributed by atoms with Gasteiger partial charge in [-0.2, -0.15) is 0 Å². The van der Waals surface area contributed by atoms with E-state index in [1.807, 2.05) is 12.7 Å². The zero-order valence-corrected chi connectivity index (χ0v) is 10.4.